The summed E-state index contributed by atoms with van der Waals surface area (Å²) in [6.45, 7) is 4.48. The van der Waals surface area contributed by atoms with E-state index in [0.717, 1.165) is 19.3 Å². The molecule has 0 aliphatic rings. The smallest absolute Gasteiger partial charge is 0.725 e. The van der Waals surface area contributed by atoms with E-state index in [1.54, 1.807) is 0 Å². The topological polar surface area (TPSA) is 75.7 Å². The average molecular weight is 304 g/mol. The van der Waals surface area contributed by atoms with Gasteiger partial charge in [-0.1, -0.05) is 52.4 Å². The normalized spacial score (nSPS) is 13.0. The van der Waals surface area contributed by atoms with Crippen molar-refractivity contribution in [2.24, 2.45) is 0 Å². The van der Waals surface area contributed by atoms with Gasteiger partial charge in [-0.15, -0.1) is 0 Å². The molecule has 0 bridgehead atoms. The summed E-state index contributed by atoms with van der Waals surface area (Å²) in [5.74, 6) is 0. The predicted octanol–water partition coefficient (Wildman–Crippen LogP) is -0.0295. The van der Waals surface area contributed by atoms with Gasteiger partial charge in [-0.25, -0.2) is 12.6 Å². The van der Waals surface area contributed by atoms with Gasteiger partial charge in [-0.2, -0.15) is 0 Å². The number of rotatable bonds is 12. The second-order valence-electron chi connectivity index (χ2n) is 4.36. The van der Waals surface area contributed by atoms with Gasteiger partial charge in [-0.05, 0) is 12.8 Å². The van der Waals surface area contributed by atoms with Gasteiger partial charge >= 0.3 is 29.6 Å². The molecule has 0 heterocycles. The van der Waals surface area contributed by atoms with Gasteiger partial charge in [0.15, 0.2) is 6.29 Å². The minimum atomic E-state index is -4.68. The van der Waals surface area contributed by atoms with Crippen LogP contribution in [0.4, 0.5) is 0 Å². The first-order valence-electron chi connectivity index (χ1n) is 6.75. The molecule has 0 aliphatic carbocycles. The van der Waals surface area contributed by atoms with E-state index in [1.807, 2.05) is 6.92 Å². The molecule has 0 fully saturated rings. The van der Waals surface area contributed by atoms with Crippen LogP contribution < -0.4 is 29.6 Å². The fourth-order valence-electron chi connectivity index (χ4n) is 1.62. The van der Waals surface area contributed by atoms with Gasteiger partial charge in [0.25, 0.3) is 0 Å². The van der Waals surface area contributed by atoms with E-state index in [4.69, 9.17) is 4.74 Å². The molecule has 19 heavy (non-hydrogen) atoms. The summed E-state index contributed by atoms with van der Waals surface area (Å²) in [6.07, 6.45) is 6.97. The van der Waals surface area contributed by atoms with Gasteiger partial charge in [0.2, 0.25) is 10.4 Å². The third-order valence-corrected chi connectivity index (χ3v) is 3.00. The van der Waals surface area contributed by atoms with E-state index in [-0.39, 0.29) is 29.6 Å². The monoisotopic (exact) mass is 304 g/mol. The summed E-state index contributed by atoms with van der Waals surface area (Å²) in [5.41, 5.74) is 0. The van der Waals surface area contributed by atoms with Gasteiger partial charge in [0.05, 0.1) is 0 Å². The van der Waals surface area contributed by atoms with Crippen molar-refractivity contribution in [1.29, 1.82) is 0 Å². The zero-order valence-corrected chi connectivity index (χ0v) is 15.2. The zero-order chi connectivity index (χ0) is 13.9. The Morgan fingerprint density at radius 3 is 2.11 bits per heavy atom. The van der Waals surface area contributed by atoms with Gasteiger partial charge in [0.1, 0.15) is 0 Å². The molecule has 0 aromatic heterocycles. The van der Waals surface area contributed by atoms with E-state index < -0.39 is 16.7 Å². The van der Waals surface area contributed by atoms with E-state index in [0.29, 0.717) is 19.4 Å². The van der Waals surface area contributed by atoms with Gasteiger partial charge in [-0.3, -0.25) is 0 Å². The van der Waals surface area contributed by atoms with Crippen molar-refractivity contribution >= 4 is 10.4 Å². The summed E-state index contributed by atoms with van der Waals surface area (Å²) in [6, 6.07) is 0. The Kier molecular flexibility index (Phi) is 16.1. The Bertz CT molecular complexity index is 282. The SMILES string of the molecule is CCCCCCCCOC(CCC)OS(=O)(=O)[O-].[Na+]. The first-order valence-corrected chi connectivity index (χ1v) is 8.08. The molecule has 0 saturated carbocycles. The molecule has 0 radical (unpaired) electrons. The largest absolute Gasteiger partial charge is 1.00 e. The third kappa shape index (κ3) is 16.8. The second kappa shape index (κ2) is 13.8. The fourth-order valence-corrected chi connectivity index (χ4v) is 2.04. The van der Waals surface area contributed by atoms with Crippen LogP contribution in [0, 0.1) is 0 Å². The quantitative estimate of drug-likeness (QED) is 0.166. The molecule has 5 nitrogen and oxygen atoms in total. The van der Waals surface area contributed by atoms with Gasteiger partial charge in [0, 0.05) is 6.61 Å². The molecule has 0 aliphatic heterocycles. The van der Waals surface area contributed by atoms with Crippen LogP contribution >= 0.6 is 0 Å². The summed E-state index contributed by atoms with van der Waals surface area (Å²) in [5, 5.41) is 0. The maximum Gasteiger partial charge on any atom is 1.00 e. The van der Waals surface area contributed by atoms with E-state index in [2.05, 4.69) is 11.1 Å². The van der Waals surface area contributed by atoms with Crippen LogP contribution in [0.5, 0.6) is 0 Å². The standard InChI is InChI=1S/C12H26O5S.Na/c1-3-5-6-7-8-9-11-16-12(10-4-2)17-18(13,14)15;/h12H,3-11H2,1-2H3,(H,13,14,15);/q;+1/p-1. The molecule has 7 heteroatoms. The molecule has 0 aromatic rings. The zero-order valence-electron chi connectivity index (χ0n) is 12.4. The minimum absolute atomic E-state index is 0. The summed E-state index contributed by atoms with van der Waals surface area (Å²) in [7, 11) is -4.68. The molecule has 0 spiro atoms. The first kappa shape index (κ1) is 22.1. The summed E-state index contributed by atoms with van der Waals surface area (Å²) in [4.78, 5) is 0. The fraction of sp³-hybridized carbons (Fsp3) is 1.00. The maximum absolute atomic E-state index is 10.5. The predicted molar refractivity (Wildman–Crippen MR) is 68.8 cm³/mol. The number of ether oxygens (including phenoxy) is 1. The van der Waals surface area contributed by atoms with Crippen molar-refractivity contribution in [3.63, 3.8) is 0 Å². The van der Waals surface area contributed by atoms with Gasteiger partial charge < -0.3 is 9.29 Å². The van der Waals surface area contributed by atoms with Crippen LogP contribution in [0.3, 0.4) is 0 Å². The molecular formula is C12H25NaO5S. The van der Waals surface area contributed by atoms with Crippen molar-refractivity contribution in [2.45, 2.75) is 71.5 Å². The van der Waals surface area contributed by atoms with E-state index in [9.17, 15) is 13.0 Å². The first-order chi connectivity index (χ1) is 8.49. The van der Waals surface area contributed by atoms with Crippen molar-refractivity contribution in [3.05, 3.63) is 0 Å². The van der Waals surface area contributed by atoms with Crippen molar-refractivity contribution in [2.75, 3.05) is 6.61 Å². The minimum Gasteiger partial charge on any atom is -0.725 e. The van der Waals surface area contributed by atoms with Crippen LogP contribution in [0.1, 0.15) is 65.2 Å². The molecule has 110 valence electrons. The molecule has 1 unspecified atom stereocenters. The summed E-state index contributed by atoms with van der Waals surface area (Å²) >= 11 is 0. The van der Waals surface area contributed by atoms with E-state index >= 15 is 0 Å². The number of hydrogen-bond donors (Lipinski definition) is 0. The Hall–Kier alpha value is 0.830. The Morgan fingerprint density at radius 1 is 1.00 bits per heavy atom. The molecule has 0 rings (SSSR count). The van der Waals surface area contributed by atoms with Crippen LogP contribution in [0.2, 0.25) is 0 Å². The van der Waals surface area contributed by atoms with Crippen LogP contribution in [-0.2, 0) is 19.3 Å². The van der Waals surface area contributed by atoms with Crippen LogP contribution in [0.15, 0.2) is 0 Å². The molecule has 0 amide bonds. The molecule has 0 saturated heterocycles. The Morgan fingerprint density at radius 2 is 1.58 bits per heavy atom. The van der Waals surface area contributed by atoms with Crippen LogP contribution in [0.25, 0.3) is 0 Å². The van der Waals surface area contributed by atoms with E-state index in [1.165, 1.54) is 19.3 Å². The molecule has 0 N–H and O–H groups in total. The van der Waals surface area contributed by atoms with Crippen molar-refractivity contribution in [3.8, 4) is 0 Å². The number of hydrogen-bond acceptors (Lipinski definition) is 5. The molecular weight excluding hydrogens is 279 g/mol. The van der Waals surface area contributed by atoms with Crippen LogP contribution in [-0.4, -0.2) is 25.9 Å². The Balaban J connectivity index is 0. The van der Waals surface area contributed by atoms with Crippen molar-refractivity contribution < 1.29 is 51.4 Å². The maximum atomic E-state index is 10.5. The third-order valence-electron chi connectivity index (χ3n) is 2.55. The Labute approximate surface area is 139 Å². The second-order valence-corrected chi connectivity index (χ2v) is 5.37. The average Bonchev–Trinajstić information content (AvgIpc) is 2.26. The molecule has 1 atom stereocenters. The van der Waals surface area contributed by atoms with Crippen molar-refractivity contribution in [1.82, 2.24) is 0 Å². The summed E-state index contributed by atoms with van der Waals surface area (Å²) < 4.78 is 41.0. The molecule has 0 aromatic carbocycles. The number of unbranched alkanes of at least 4 members (excludes halogenated alkanes) is 5.